The number of aromatic nitrogens is 2. The van der Waals surface area contributed by atoms with Crippen molar-refractivity contribution in [1.29, 1.82) is 0 Å². The maximum Gasteiger partial charge on any atom is 0.408 e. The van der Waals surface area contributed by atoms with Gasteiger partial charge in [-0.15, -0.1) is 0 Å². The van der Waals surface area contributed by atoms with Gasteiger partial charge in [0.15, 0.2) is 0 Å². The molecule has 23 heavy (non-hydrogen) atoms. The Morgan fingerprint density at radius 1 is 1.22 bits per heavy atom. The summed E-state index contributed by atoms with van der Waals surface area (Å²) in [6.07, 6.45) is -4.47. The summed E-state index contributed by atoms with van der Waals surface area (Å²) in [4.78, 5) is 0. The lowest BCUT2D eigenvalue weighted by atomic mass is 10.0. The molecule has 0 aliphatic rings. The fourth-order valence-electron chi connectivity index (χ4n) is 2.63. The van der Waals surface area contributed by atoms with E-state index in [0.29, 0.717) is 17.0 Å². The summed E-state index contributed by atoms with van der Waals surface area (Å²) in [6.45, 7) is 4.81. The number of alkyl halides is 3. The lowest BCUT2D eigenvalue weighted by molar-refractivity contribution is -0.158. The minimum absolute atomic E-state index is 0.0818. The third kappa shape index (κ3) is 3.72. The van der Waals surface area contributed by atoms with E-state index in [1.165, 1.54) is 16.8 Å². The first-order chi connectivity index (χ1) is 10.6. The van der Waals surface area contributed by atoms with E-state index in [4.69, 9.17) is 0 Å². The van der Waals surface area contributed by atoms with Gasteiger partial charge >= 0.3 is 6.18 Å². The second-order valence-corrected chi connectivity index (χ2v) is 5.63. The Morgan fingerprint density at radius 3 is 2.39 bits per heavy atom. The number of hydrogen-bond donors (Lipinski definition) is 1. The molecule has 1 heterocycles. The van der Waals surface area contributed by atoms with E-state index in [-0.39, 0.29) is 12.1 Å². The number of benzene rings is 1. The van der Waals surface area contributed by atoms with Crippen molar-refractivity contribution < 1.29 is 17.6 Å². The maximum absolute atomic E-state index is 13.5. The molecule has 7 heteroatoms. The predicted octanol–water partition coefficient (Wildman–Crippen LogP) is 3.88. The van der Waals surface area contributed by atoms with Crippen LogP contribution in [-0.2, 0) is 13.6 Å². The molecule has 0 aliphatic carbocycles. The first-order valence-electron chi connectivity index (χ1n) is 7.16. The van der Waals surface area contributed by atoms with Gasteiger partial charge in [-0.05, 0) is 44.0 Å². The van der Waals surface area contributed by atoms with Crippen LogP contribution in [0.3, 0.4) is 0 Å². The lowest BCUT2D eigenvalue weighted by Gasteiger charge is -2.23. The zero-order valence-corrected chi connectivity index (χ0v) is 13.4. The van der Waals surface area contributed by atoms with Crippen LogP contribution in [0.5, 0.6) is 0 Å². The minimum Gasteiger partial charge on any atom is -0.298 e. The van der Waals surface area contributed by atoms with Crippen molar-refractivity contribution in [3.63, 3.8) is 0 Å². The summed E-state index contributed by atoms with van der Waals surface area (Å²) < 4.78 is 55.2. The molecule has 1 N–H and O–H groups in total. The number of rotatable bonds is 4. The number of aryl methyl sites for hydroxylation is 3. The van der Waals surface area contributed by atoms with Gasteiger partial charge in [0, 0.05) is 24.8 Å². The molecule has 0 fully saturated rings. The number of nitrogens with zero attached hydrogens (tertiary/aromatic N) is 2. The van der Waals surface area contributed by atoms with E-state index in [1.54, 1.807) is 33.9 Å². The molecular weight excluding hydrogens is 310 g/mol. The monoisotopic (exact) mass is 329 g/mol. The third-order valence-corrected chi connectivity index (χ3v) is 3.99. The van der Waals surface area contributed by atoms with Gasteiger partial charge < -0.3 is 0 Å². The highest BCUT2D eigenvalue weighted by Gasteiger charge is 2.43. The van der Waals surface area contributed by atoms with Crippen LogP contribution in [0.15, 0.2) is 18.2 Å². The maximum atomic E-state index is 13.5. The Bertz CT molecular complexity index is 704. The van der Waals surface area contributed by atoms with Crippen molar-refractivity contribution >= 4 is 0 Å². The first kappa shape index (κ1) is 17.5. The normalized spacial score (nSPS) is 13.4. The topological polar surface area (TPSA) is 29.9 Å². The van der Waals surface area contributed by atoms with Crippen LogP contribution in [0.25, 0.3) is 0 Å². The van der Waals surface area contributed by atoms with Gasteiger partial charge in [-0.25, -0.2) is 4.39 Å². The van der Waals surface area contributed by atoms with Crippen molar-refractivity contribution in [2.24, 2.45) is 7.05 Å². The average Bonchev–Trinajstić information content (AvgIpc) is 2.67. The molecule has 0 radical (unpaired) electrons. The number of nitrogens with one attached hydrogen (secondary N) is 1. The van der Waals surface area contributed by atoms with E-state index in [2.05, 4.69) is 10.4 Å². The van der Waals surface area contributed by atoms with Crippen molar-refractivity contribution in [1.82, 2.24) is 15.1 Å². The molecule has 1 aromatic heterocycles. The summed E-state index contributed by atoms with van der Waals surface area (Å²) in [5, 5.41) is 6.56. The van der Waals surface area contributed by atoms with Crippen molar-refractivity contribution in [3.8, 4) is 0 Å². The highest BCUT2D eigenvalue weighted by Crippen LogP contribution is 2.36. The van der Waals surface area contributed by atoms with Crippen LogP contribution in [-0.4, -0.2) is 16.0 Å². The van der Waals surface area contributed by atoms with Crippen LogP contribution in [0.4, 0.5) is 17.6 Å². The van der Waals surface area contributed by atoms with E-state index in [1.807, 2.05) is 0 Å². The molecular formula is C16H19F4N3. The second kappa shape index (κ2) is 6.31. The first-order valence-corrected chi connectivity index (χ1v) is 7.16. The van der Waals surface area contributed by atoms with Crippen LogP contribution < -0.4 is 5.32 Å². The Morgan fingerprint density at radius 2 is 1.87 bits per heavy atom. The summed E-state index contributed by atoms with van der Waals surface area (Å²) in [5.74, 6) is -0.468. The number of halogens is 4. The van der Waals surface area contributed by atoms with Crippen LogP contribution in [0, 0.1) is 26.6 Å². The molecule has 0 saturated heterocycles. The molecule has 0 saturated carbocycles. The quantitative estimate of drug-likeness (QED) is 0.863. The predicted molar refractivity (Wildman–Crippen MR) is 79.5 cm³/mol. The average molecular weight is 329 g/mol. The lowest BCUT2D eigenvalue weighted by Crippen LogP contribution is -2.34. The highest BCUT2D eigenvalue weighted by atomic mass is 19.4. The summed E-state index contributed by atoms with van der Waals surface area (Å²) >= 11 is 0. The van der Waals surface area contributed by atoms with Crippen LogP contribution in [0.1, 0.15) is 34.1 Å². The zero-order chi connectivity index (χ0) is 17.4. The van der Waals surface area contributed by atoms with Gasteiger partial charge in [-0.3, -0.25) is 10.00 Å². The molecule has 1 unspecified atom stereocenters. The SMILES string of the molecule is Cc1ccc(F)cc1CNC(c1c(C)nn(C)c1C)C(F)(F)F. The molecule has 1 atom stereocenters. The number of hydrogen-bond acceptors (Lipinski definition) is 2. The Hall–Kier alpha value is -1.89. The van der Waals surface area contributed by atoms with Crippen molar-refractivity contribution in [2.75, 3.05) is 0 Å². The molecule has 1 aromatic carbocycles. The van der Waals surface area contributed by atoms with Crippen LogP contribution >= 0.6 is 0 Å². The fourth-order valence-corrected chi connectivity index (χ4v) is 2.63. The second-order valence-electron chi connectivity index (χ2n) is 5.63. The summed E-state index contributed by atoms with van der Waals surface area (Å²) in [6, 6.07) is 2.24. The molecule has 0 spiro atoms. The molecule has 0 bridgehead atoms. The Balaban J connectivity index is 2.32. The van der Waals surface area contributed by atoms with Gasteiger partial charge in [0.05, 0.1) is 5.69 Å². The molecule has 0 amide bonds. The molecule has 2 aromatic rings. The van der Waals surface area contributed by atoms with Crippen molar-refractivity contribution in [2.45, 2.75) is 39.5 Å². The van der Waals surface area contributed by atoms with Gasteiger partial charge in [0.25, 0.3) is 0 Å². The van der Waals surface area contributed by atoms with Crippen LogP contribution in [0.2, 0.25) is 0 Å². The fraction of sp³-hybridized carbons (Fsp3) is 0.438. The largest absolute Gasteiger partial charge is 0.408 e. The molecule has 126 valence electrons. The Kier molecular flexibility index (Phi) is 4.79. The molecule has 2 rings (SSSR count). The van der Waals surface area contributed by atoms with Gasteiger partial charge in [0.2, 0.25) is 0 Å². The van der Waals surface area contributed by atoms with E-state index < -0.39 is 18.0 Å². The molecule has 3 nitrogen and oxygen atoms in total. The zero-order valence-electron chi connectivity index (χ0n) is 13.4. The van der Waals surface area contributed by atoms with E-state index in [9.17, 15) is 17.6 Å². The Labute approximate surface area is 132 Å². The van der Waals surface area contributed by atoms with Crippen molar-refractivity contribution in [3.05, 3.63) is 52.1 Å². The minimum atomic E-state index is -4.47. The van der Waals surface area contributed by atoms with Gasteiger partial charge in [0.1, 0.15) is 11.9 Å². The summed E-state index contributed by atoms with van der Waals surface area (Å²) in [7, 11) is 1.61. The molecule has 0 aliphatic heterocycles. The summed E-state index contributed by atoms with van der Waals surface area (Å²) in [5.41, 5.74) is 2.14. The standard InChI is InChI=1S/C16H19F4N3/c1-9-5-6-13(17)7-12(9)8-21-15(16(18,19)20)14-10(2)22-23(4)11(14)3/h5-7,15,21H,8H2,1-4H3. The van der Waals surface area contributed by atoms with E-state index in [0.717, 1.165) is 5.56 Å². The third-order valence-electron chi connectivity index (χ3n) is 3.99. The van der Waals surface area contributed by atoms with E-state index >= 15 is 0 Å². The highest BCUT2D eigenvalue weighted by molar-refractivity contribution is 5.31. The van der Waals surface area contributed by atoms with Gasteiger partial charge in [-0.2, -0.15) is 18.3 Å². The smallest absolute Gasteiger partial charge is 0.298 e. The van der Waals surface area contributed by atoms with Gasteiger partial charge in [-0.1, -0.05) is 6.07 Å².